The van der Waals surface area contributed by atoms with Crippen molar-refractivity contribution >= 4 is 17.9 Å². The predicted octanol–water partition coefficient (Wildman–Crippen LogP) is -0.294. The van der Waals surface area contributed by atoms with Gasteiger partial charge >= 0.3 is 0 Å². The van der Waals surface area contributed by atoms with Gasteiger partial charge < -0.3 is 29.8 Å². The second-order valence-corrected chi connectivity index (χ2v) is 5.86. The summed E-state index contributed by atoms with van der Waals surface area (Å²) in [7, 11) is 0. The van der Waals surface area contributed by atoms with Crippen LogP contribution >= 0.6 is 0 Å². The number of morpholine rings is 2. The Kier molecular flexibility index (Phi) is 7.40. The van der Waals surface area contributed by atoms with E-state index in [0.29, 0.717) is 26.4 Å². The van der Waals surface area contributed by atoms with Crippen LogP contribution in [0.1, 0.15) is 6.92 Å². The summed E-state index contributed by atoms with van der Waals surface area (Å²) in [5.41, 5.74) is 7.13. The van der Waals surface area contributed by atoms with Gasteiger partial charge in [-0.3, -0.25) is 4.79 Å². The van der Waals surface area contributed by atoms with Crippen molar-refractivity contribution in [2.75, 3.05) is 69.2 Å². The molecule has 160 valence electrons. The minimum Gasteiger partial charge on any atom is -0.660 e. The minimum atomic E-state index is -0.683. The van der Waals surface area contributed by atoms with Gasteiger partial charge in [-0.2, -0.15) is 0 Å². The van der Waals surface area contributed by atoms with Crippen LogP contribution in [0.2, 0.25) is 0 Å². The monoisotopic (exact) mass is 412 g/mol. The molecule has 2 saturated heterocycles. The van der Waals surface area contributed by atoms with E-state index in [0.717, 1.165) is 26.2 Å². The first-order valence-electron chi connectivity index (χ1n) is 9.19. The quantitative estimate of drug-likeness (QED) is 0.613. The highest BCUT2D eigenvalue weighted by Gasteiger charge is 2.22. The van der Waals surface area contributed by atoms with Crippen LogP contribution in [0.5, 0.6) is 0 Å². The van der Waals surface area contributed by atoms with Gasteiger partial charge in [0.1, 0.15) is 31.1 Å². The van der Waals surface area contributed by atoms with Gasteiger partial charge in [-0.25, -0.2) is 4.52 Å². The third-order valence-electron chi connectivity index (χ3n) is 3.87. The SMILES string of the molecule is CCOC(=O)[N-]c1c[n+](N2CCOCC2)no1.[NH-]c1cn[n+](N2CCOCC2)o1. The normalized spacial score (nSPS) is 16.7. The third-order valence-corrected chi connectivity index (χ3v) is 3.87. The summed E-state index contributed by atoms with van der Waals surface area (Å²) in [5, 5.41) is 15.0. The van der Waals surface area contributed by atoms with E-state index in [1.807, 2.05) is 10.0 Å². The third kappa shape index (κ3) is 6.18. The molecule has 2 aromatic rings. The fourth-order valence-electron chi connectivity index (χ4n) is 2.51. The van der Waals surface area contributed by atoms with Crippen LogP contribution in [-0.2, 0) is 14.2 Å². The van der Waals surface area contributed by atoms with E-state index in [-0.39, 0.29) is 18.4 Å². The molecule has 0 spiro atoms. The Morgan fingerprint density at radius 2 is 1.86 bits per heavy atom. The molecule has 0 radical (unpaired) electrons. The first-order chi connectivity index (χ1) is 14.2. The molecule has 1 N–H and O–H groups in total. The first kappa shape index (κ1) is 20.6. The fraction of sp³-hybridized carbons (Fsp3) is 0.667. The largest absolute Gasteiger partial charge is 0.660 e. The number of ether oxygens (including phenoxy) is 3. The Morgan fingerprint density at radius 1 is 1.21 bits per heavy atom. The van der Waals surface area contributed by atoms with E-state index in [1.165, 1.54) is 22.1 Å². The number of rotatable bonds is 4. The summed E-state index contributed by atoms with van der Waals surface area (Å²) in [6.07, 6.45) is 2.22. The predicted molar refractivity (Wildman–Crippen MR) is 95.0 cm³/mol. The van der Waals surface area contributed by atoms with Crippen LogP contribution in [0.15, 0.2) is 21.4 Å². The maximum absolute atomic E-state index is 11.1. The van der Waals surface area contributed by atoms with Gasteiger partial charge in [0.15, 0.2) is 0 Å². The molecule has 0 unspecified atom stereocenters. The topological polar surface area (TPSA) is 149 Å². The van der Waals surface area contributed by atoms with Crippen LogP contribution in [0.3, 0.4) is 0 Å². The standard InChI is InChI=1S/C9H14N4O4.C6H10N4O2/c1-2-16-9(14)10-8-7-13(11-17-8)12-3-5-15-6-4-12;7-6-5-8-10(12-6)9-1-3-11-4-2-9/h7H,2-6H2,1H3;5,7H,1-4H2. The molecule has 2 aliphatic heterocycles. The highest BCUT2D eigenvalue weighted by atomic mass is 16.6. The Hall–Kier alpha value is -3.13. The molecular weight excluding hydrogens is 388 g/mol. The summed E-state index contributed by atoms with van der Waals surface area (Å²) in [5.74, 6) is 0.191. The summed E-state index contributed by atoms with van der Waals surface area (Å²) in [4.78, 5) is 13.9. The highest BCUT2D eigenvalue weighted by Crippen LogP contribution is 2.15. The molecule has 1 amide bonds. The molecule has 2 fully saturated rings. The van der Waals surface area contributed by atoms with Gasteiger partial charge in [0.05, 0.1) is 56.0 Å². The van der Waals surface area contributed by atoms with Crippen LogP contribution in [0, 0.1) is 0 Å². The lowest BCUT2D eigenvalue weighted by atomic mass is 10.5. The molecule has 0 aliphatic carbocycles. The lowest BCUT2D eigenvalue weighted by molar-refractivity contribution is -0.903. The average molecular weight is 412 g/mol. The van der Waals surface area contributed by atoms with Crippen molar-refractivity contribution < 1.29 is 37.8 Å². The van der Waals surface area contributed by atoms with E-state index >= 15 is 0 Å². The van der Waals surface area contributed by atoms with Crippen molar-refractivity contribution in [2.45, 2.75) is 6.92 Å². The number of aromatic nitrogens is 4. The summed E-state index contributed by atoms with van der Waals surface area (Å²) >= 11 is 0. The number of hydrogen-bond donors (Lipinski definition) is 0. The number of nitrogens with zero attached hydrogens (tertiary/aromatic N) is 7. The van der Waals surface area contributed by atoms with E-state index in [1.54, 1.807) is 6.92 Å². The van der Waals surface area contributed by atoms with Gasteiger partial charge in [-0.15, -0.1) is 10.0 Å². The van der Waals surface area contributed by atoms with E-state index < -0.39 is 6.09 Å². The number of hydrogen-bond acceptors (Lipinski definition) is 10. The maximum atomic E-state index is 11.1. The zero-order valence-corrected chi connectivity index (χ0v) is 16.1. The Balaban J connectivity index is 0.000000176. The number of amides is 1. The number of nitrogens with one attached hydrogen (secondary N) is 1. The summed E-state index contributed by atoms with van der Waals surface area (Å²) in [6, 6.07) is 0. The summed E-state index contributed by atoms with van der Waals surface area (Å²) in [6.45, 7) is 7.59. The maximum Gasteiger partial charge on any atom is 0.257 e. The molecule has 2 aromatic heterocycles. The molecule has 0 bridgehead atoms. The molecule has 0 saturated carbocycles. The molecule has 14 heteroatoms. The number of carbonyl (C=O) groups is 1. The molecular formula is C15H24N8O6. The molecule has 0 atom stereocenters. The van der Waals surface area contributed by atoms with Crippen molar-refractivity contribution in [3.8, 4) is 0 Å². The Labute approximate surface area is 166 Å². The van der Waals surface area contributed by atoms with Gasteiger partial charge in [-0.05, 0) is 6.92 Å². The van der Waals surface area contributed by atoms with Gasteiger partial charge in [0, 0.05) is 0 Å². The molecule has 14 nitrogen and oxygen atoms in total. The molecule has 4 heterocycles. The van der Waals surface area contributed by atoms with E-state index in [4.69, 9.17) is 24.3 Å². The van der Waals surface area contributed by atoms with Crippen LogP contribution in [0.25, 0.3) is 11.1 Å². The zero-order valence-electron chi connectivity index (χ0n) is 16.1. The molecule has 0 aromatic carbocycles. The second-order valence-electron chi connectivity index (χ2n) is 5.86. The van der Waals surface area contributed by atoms with Gasteiger partial charge in [0.25, 0.3) is 6.20 Å². The van der Waals surface area contributed by atoms with E-state index in [9.17, 15) is 4.79 Å². The summed E-state index contributed by atoms with van der Waals surface area (Å²) < 4.78 is 24.9. The lowest BCUT2D eigenvalue weighted by Gasteiger charge is -2.18. The molecule has 29 heavy (non-hydrogen) atoms. The van der Waals surface area contributed by atoms with Crippen molar-refractivity contribution in [2.24, 2.45) is 0 Å². The fourth-order valence-corrected chi connectivity index (χ4v) is 2.51. The molecule has 2 aliphatic rings. The zero-order chi connectivity index (χ0) is 20.5. The van der Waals surface area contributed by atoms with Gasteiger partial charge in [-0.1, -0.05) is 0 Å². The van der Waals surface area contributed by atoms with Crippen LogP contribution < -0.4 is 19.8 Å². The Morgan fingerprint density at radius 3 is 2.45 bits per heavy atom. The average Bonchev–Trinajstić information content (AvgIpc) is 3.39. The van der Waals surface area contributed by atoms with Gasteiger partial charge in [0.2, 0.25) is 16.3 Å². The second kappa shape index (κ2) is 10.4. The molecule has 4 rings (SSSR count). The van der Waals surface area contributed by atoms with E-state index in [2.05, 4.69) is 20.4 Å². The highest BCUT2D eigenvalue weighted by molar-refractivity contribution is 5.88. The van der Waals surface area contributed by atoms with Crippen molar-refractivity contribution in [1.82, 2.24) is 10.4 Å². The smallest absolute Gasteiger partial charge is 0.257 e. The van der Waals surface area contributed by atoms with Crippen molar-refractivity contribution in [3.05, 3.63) is 23.4 Å². The Bertz CT molecular complexity index is 756. The minimum absolute atomic E-state index is 0.0708. The van der Waals surface area contributed by atoms with Crippen LogP contribution in [-0.4, -0.2) is 75.7 Å². The first-order valence-corrected chi connectivity index (χ1v) is 9.19. The van der Waals surface area contributed by atoms with Crippen LogP contribution in [0.4, 0.5) is 16.6 Å². The lowest BCUT2D eigenvalue weighted by Crippen LogP contribution is -2.62. The number of carbonyl (C=O) groups excluding carboxylic acids is 1. The van der Waals surface area contributed by atoms with Crippen molar-refractivity contribution in [3.63, 3.8) is 0 Å². The van der Waals surface area contributed by atoms with Crippen molar-refractivity contribution in [1.29, 1.82) is 0 Å².